The van der Waals surface area contributed by atoms with Gasteiger partial charge in [0, 0.05) is 12.2 Å². The third-order valence-corrected chi connectivity index (χ3v) is 4.34. The average Bonchev–Trinajstić information content (AvgIpc) is 2.77. The number of rotatable bonds is 9. The van der Waals surface area contributed by atoms with Crippen molar-refractivity contribution in [3.8, 4) is 11.5 Å². The molecule has 0 spiro atoms. The maximum Gasteiger partial charge on any atom is 0.329 e. The zero-order valence-corrected chi connectivity index (χ0v) is 18.8. The van der Waals surface area contributed by atoms with Crippen molar-refractivity contribution in [2.45, 2.75) is 20.3 Å². The van der Waals surface area contributed by atoms with Crippen molar-refractivity contribution in [2.75, 3.05) is 25.6 Å². The molecule has 0 saturated heterocycles. The first-order valence-corrected chi connectivity index (χ1v) is 10.2. The zero-order chi connectivity index (χ0) is 23.5. The third kappa shape index (κ3) is 7.59. The SMILES string of the molecule is CCCNC(=O)C(=O)N/N=C\c1cc(Cl)c(OCC(=O)Nc2ccc(C)cc2)c(OC)c1. The fourth-order valence-corrected chi connectivity index (χ4v) is 2.73. The number of carbonyl (C=O) groups excluding carboxylic acids is 3. The van der Waals surface area contributed by atoms with E-state index in [2.05, 4.69) is 21.2 Å². The van der Waals surface area contributed by atoms with E-state index in [9.17, 15) is 14.4 Å². The topological polar surface area (TPSA) is 118 Å². The van der Waals surface area contributed by atoms with Gasteiger partial charge in [0.1, 0.15) is 0 Å². The maximum absolute atomic E-state index is 12.2. The quantitative estimate of drug-likeness (QED) is 0.302. The van der Waals surface area contributed by atoms with Crippen LogP contribution in [-0.4, -0.2) is 44.2 Å². The molecule has 0 aliphatic heterocycles. The number of amides is 3. The van der Waals surface area contributed by atoms with Crippen molar-refractivity contribution >= 4 is 41.2 Å². The molecule has 2 aromatic rings. The van der Waals surface area contributed by atoms with E-state index in [4.69, 9.17) is 21.1 Å². The lowest BCUT2D eigenvalue weighted by atomic mass is 10.2. The van der Waals surface area contributed by atoms with Gasteiger partial charge in [-0.25, -0.2) is 5.43 Å². The Hall–Kier alpha value is -3.59. The molecule has 0 aliphatic rings. The number of nitrogens with one attached hydrogen (secondary N) is 3. The molecule has 0 radical (unpaired) electrons. The molecule has 9 nitrogen and oxygen atoms in total. The predicted molar refractivity (Wildman–Crippen MR) is 122 cm³/mol. The van der Waals surface area contributed by atoms with Crippen molar-refractivity contribution < 1.29 is 23.9 Å². The number of halogens is 1. The fraction of sp³-hybridized carbons (Fsp3) is 0.273. The zero-order valence-electron chi connectivity index (χ0n) is 18.0. The number of hydrazone groups is 1. The molecule has 10 heteroatoms. The van der Waals surface area contributed by atoms with Gasteiger partial charge >= 0.3 is 11.8 Å². The number of carbonyl (C=O) groups is 3. The van der Waals surface area contributed by atoms with Crippen molar-refractivity contribution in [3.05, 3.63) is 52.5 Å². The van der Waals surface area contributed by atoms with Crippen LogP contribution < -0.4 is 25.5 Å². The number of anilines is 1. The predicted octanol–water partition coefficient (Wildman–Crippen LogP) is 2.65. The lowest BCUT2D eigenvalue weighted by Crippen LogP contribution is -2.38. The van der Waals surface area contributed by atoms with Crippen LogP contribution in [0.2, 0.25) is 5.02 Å². The van der Waals surface area contributed by atoms with Crippen LogP contribution in [0.4, 0.5) is 5.69 Å². The molecule has 0 bridgehead atoms. The van der Waals surface area contributed by atoms with Crippen LogP contribution in [0.5, 0.6) is 11.5 Å². The first-order chi connectivity index (χ1) is 15.3. The second kappa shape index (κ2) is 12.3. The average molecular weight is 461 g/mol. The van der Waals surface area contributed by atoms with Crippen LogP contribution >= 0.6 is 11.6 Å². The number of hydrogen-bond acceptors (Lipinski definition) is 6. The number of benzene rings is 2. The largest absolute Gasteiger partial charge is 0.493 e. The summed E-state index contributed by atoms with van der Waals surface area (Å²) in [6.07, 6.45) is 2.01. The van der Waals surface area contributed by atoms with Crippen molar-refractivity contribution in [2.24, 2.45) is 5.10 Å². The monoisotopic (exact) mass is 460 g/mol. The minimum Gasteiger partial charge on any atom is -0.493 e. The number of hydrogen-bond donors (Lipinski definition) is 3. The molecule has 0 fully saturated rings. The molecule has 32 heavy (non-hydrogen) atoms. The summed E-state index contributed by atoms with van der Waals surface area (Å²) in [5.74, 6) is -1.55. The lowest BCUT2D eigenvalue weighted by molar-refractivity contribution is -0.139. The highest BCUT2D eigenvalue weighted by atomic mass is 35.5. The first kappa shape index (κ1) is 24.7. The lowest BCUT2D eigenvalue weighted by Gasteiger charge is -2.13. The van der Waals surface area contributed by atoms with Crippen molar-refractivity contribution in [3.63, 3.8) is 0 Å². The van der Waals surface area contributed by atoms with E-state index >= 15 is 0 Å². The normalized spacial score (nSPS) is 10.5. The Bertz CT molecular complexity index is 993. The highest BCUT2D eigenvalue weighted by Gasteiger charge is 2.14. The molecule has 0 atom stereocenters. The van der Waals surface area contributed by atoms with Gasteiger partial charge in [0.05, 0.1) is 18.3 Å². The minimum absolute atomic E-state index is 0.181. The highest BCUT2D eigenvalue weighted by Crippen LogP contribution is 2.36. The van der Waals surface area contributed by atoms with Gasteiger partial charge in [-0.05, 0) is 43.2 Å². The minimum atomic E-state index is -0.882. The van der Waals surface area contributed by atoms with Gasteiger partial charge in [-0.1, -0.05) is 36.2 Å². The van der Waals surface area contributed by atoms with Crippen molar-refractivity contribution in [1.82, 2.24) is 10.7 Å². The van der Waals surface area contributed by atoms with E-state index in [0.717, 1.165) is 5.56 Å². The van der Waals surface area contributed by atoms with Gasteiger partial charge in [0.15, 0.2) is 18.1 Å². The van der Waals surface area contributed by atoms with E-state index in [-0.39, 0.29) is 29.0 Å². The van der Waals surface area contributed by atoms with Gasteiger partial charge in [0.25, 0.3) is 5.91 Å². The molecule has 0 aromatic heterocycles. The number of nitrogens with zero attached hydrogens (tertiary/aromatic N) is 1. The Morgan fingerprint density at radius 2 is 1.84 bits per heavy atom. The molecule has 3 amide bonds. The fourth-order valence-electron chi connectivity index (χ4n) is 2.46. The summed E-state index contributed by atoms with van der Waals surface area (Å²) in [5, 5.41) is 9.09. The Morgan fingerprint density at radius 3 is 2.50 bits per heavy atom. The highest BCUT2D eigenvalue weighted by molar-refractivity contribution is 6.35. The van der Waals surface area contributed by atoms with Crippen LogP contribution in [-0.2, 0) is 14.4 Å². The second-order valence-electron chi connectivity index (χ2n) is 6.69. The number of ether oxygens (including phenoxy) is 2. The molecule has 0 saturated carbocycles. The van der Waals surface area contributed by atoms with E-state index in [1.165, 1.54) is 19.4 Å². The molecular weight excluding hydrogens is 436 g/mol. The standard InChI is InChI=1S/C22H25ClN4O5/c1-4-9-24-21(29)22(30)27-25-12-15-10-17(23)20(18(11-15)31-3)32-13-19(28)26-16-7-5-14(2)6-8-16/h5-8,10-12H,4,9,13H2,1-3H3,(H,24,29)(H,26,28)(H,27,30)/b25-12-. The van der Waals surface area contributed by atoms with Crippen LogP contribution in [0.25, 0.3) is 0 Å². The Kier molecular flexibility index (Phi) is 9.49. The summed E-state index contributed by atoms with van der Waals surface area (Å²) in [4.78, 5) is 35.3. The van der Waals surface area contributed by atoms with Crippen LogP contribution in [0, 0.1) is 6.92 Å². The molecule has 2 aromatic carbocycles. The molecule has 0 aliphatic carbocycles. The Balaban J connectivity index is 1.98. The molecule has 0 heterocycles. The van der Waals surface area contributed by atoms with Crippen LogP contribution in [0.15, 0.2) is 41.5 Å². The van der Waals surface area contributed by atoms with Gasteiger partial charge in [-0.2, -0.15) is 5.10 Å². The van der Waals surface area contributed by atoms with E-state index < -0.39 is 11.8 Å². The van der Waals surface area contributed by atoms with E-state index in [1.54, 1.807) is 18.2 Å². The van der Waals surface area contributed by atoms with E-state index in [0.29, 0.717) is 24.2 Å². The summed E-state index contributed by atoms with van der Waals surface area (Å²) in [6, 6.07) is 10.4. The summed E-state index contributed by atoms with van der Waals surface area (Å²) in [7, 11) is 1.42. The number of aryl methyl sites for hydroxylation is 1. The van der Waals surface area contributed by atoms with Gasteiger partial charge in [-0.15, -0.1) is 0 Å². The number of methoxy groups -OCH3 is 1. The molecule has 3 N–H and O–H groups in total. The summed E-state index contributed by atoms with van der Waals surface area (Å²) >= 11 is 6.27. The second-order valence-corrected chi connectivity index (χ2v) is 7.10. The van der Waals surface area contributed by atoms with Gasteiger partial charge in [-0.3, -0.25) is 14.4 Å². The third-order valence-electron chi connectivity index (χ3n) is 4.06. The smallest absolute Gasteiger partial charge is 0.329 e. The van der Waals surface area contributed by atoms with E-state index in [1.807, 2.05) is 26.0 Å². The molecular formula is C22H25ClN4O5. The van der Waals surface area contributed by atoms with Gasteiger partial charge < -0.3 is 20.1 Å². The molecule has 2 rings (SSSR count). The summed E-state index contributed by atoms with van der Waals surface area (Å²) in [5.41, 5.74) is 4.35. The Morgan fingerprint density at radius 1 is 1.12 bits per heavy atom. The first-order valence-electron chi connectivity index (χ1n) is 9.82. The molecule has 0 unspecified atom stereocenters. The van der Waals surface area contributed by atoms with Crippen LogP contribution in [0.3, 0.4) is 0 Å². The Labute approximate surface area is 191 Å². The van der Waals surface area contributed by atoms with Crippen LogP contribution in [0.1, 0.15) is 24.5 Å². The summed E-state index contributed by atoms with van der Waals surface area (Å²) in [6.45, 7) is 3.94. The maximum atomic E-state index is 12.2. The molecule has 170 valence electrons. The van der Waals surface area contributed by atoms with Crippen molar-refractivity contribution in [1.29, 1.82) is 0 Å². The van der Waals surface area contributed by atoms with Gasteiger partial charge in [0.2, 0.25) is 0 Å². The summed E-state index contributed by atoms with van der Waals surface area (Å²) < 4.78 is 10.8.